The fraction of sp³-hybridized carbons (Fsp3) is 0.0741. The predicted molar refractivity (Wildman–Crippen MR) is 140 cm³/mol. The number of hydrogen-bond acceptors (Lipinski definition) is 7. The van der Waals surface area contributed by atoms with Crippen molar-refractivity contribution in [2.45, 2.75) is 13.2 Å². The van der Waals surface area contributed by atoms with Gasteiger partial charge in [-0.25, -0.2) is 9.48 Å². The van der Waals surface area contributed by atoms with Gasteiger partial charge in [0.25, 0.3) is 0 Å². The molecular weight excluding hydrogens is 538 g/mol. The molecule has 0 fully saturated rings. The number of fused-ring (bicyclic) bond motifs is 1. The van der Waals surface area contributed by atoms with Crippen molar-refractivity contribution in [2.75, 3.05) is 0 Å². The van der Waals surface area contributed by atoms with Gasteiger partial charge in [-0.05, 0) is 48.5 Å². The zero-order valence-corrected chi connectivity index (χ0v) is 21.0. The Hall–Kier alpha value is -4.57. The van der Waals surface area contributed by atoms with Crippen LogP contribution in [-0.2, 0) is 9.53 Å². The average Bonchev–Trinajstić information content (AvgIpc) is 3.55. The Balaban J connectivity index is 1.54. The molecule has 0 N–H and O–H groups in total. The molecule has 2 aromatic carbocycles. The smallest absolute Gasteiger partial charge is 0.345 e. The van der Waals surface area contributed by atoms with Gasteiger partial charge >= 0.3 is 5.63 Å². The van der Waals surface area contributed by atoms with Crippen molar-refractivity contribution in [2.24, 2.45) is 5.10 Å². The van der Waals surface area contributed by atoms with Gasteiger partial charge in [0.2, 0.25) is 18.0 Å². The van der Waals surface area contributed by atoms with E-state index in [0.29, 0.717) is 27.8 Å². The molecule has 6 rings (SSSR count). The molecule has 10 heteroatoms. The van der Waals surface area contributed by atoms with Crippen molar-refractivity contribution >= 4 is 38.7 Å². The lowest BCUT2D eigenvalue weighted by molar-refractivity contribution is -0.135. The predicted octanol–water partition coefficient (Wildman–Crippen LogP) is 5.04. The highest BCUT2D eigenvalue weighted by Crippen LogP contribution is 2.36. The van der Waals surface area contributed by atoms with Gasteiger partial charge in [-0.15, -0.1) is 5.10 Å². The molecule has 1 atom stereocenters. The molecule has 1 unspecified atom stereocenters. The summed E-state index contributed by atoms with van der Waals surface area (Å²) >= 11 is 3.46. The SMILES string of the molecule is CC(=O)N1N=C(c2ccncc2)OC1c1cn(-c2ccccc2)nc1-c1cc2cc(Br)ccc2oc1=O. The van der Waals surface area contributed by atoms with E-state index in [1.165, 1.54) is 11.9 Å². The third-order valence-electron chi connectivity index (χ3n) is 5.87. The van der Waals surface area contributed by atoms with Gasteiger partial charge < -0.3 is 9.15 Å². The molecule has 4 heterocycles. The second-order valence-electron chi connectivity index (χ2n) is 8.32. The lowest BCUT2D eigenvalue weighted by atomic mass is 10.1. The van der Waals surface area contributed by atoms with E-state index >= 15 is 0 Å². The molecule has 9 nitrogen and oxygen atoms in total. The van der Waals surface area contributed by atoms with E-state index in [-0.39, 0.29) is 17.4 Å². The molecule has 1 aliphatic rings. The highest BCUT2D eigenvalue weighted by molar-refractivity contribution is 9.10. The van der Waals surface area contributed by atoms with Crippen LogP contribution in [0.3, 0.4) is 0 Å². The van der Waals surface area contributed by atoms with Gasteiger partial charge in [0.05, 0.1) is 16.8 Å². The normalized spacial score (nSPS) is 15.0. The molecule has 37 heavy (non-hydrogen) atoms. The summed E-state index contributed by atoms with van der Waals surface area (Å²) in [5.74, 6) is -0.0718. The second kappa shape index (κ2) is 9.14. The number of hydrogen-bond donors (Lipinski definition) is 0. The zero-order chi connectivity index (χ0) is 25.5. The number of benzene rings is 2. The lowest BCUT2D eigenvalue weighted by Crippen LogP contribution is -2.25. The fourth-order valence-corrected chi connectivity index (χ4v) is 4.51. The van der Waals surface area contributed by atoms with Crippen LogP contribution in [0.2, 0.25) is 0 Å². The molecular formula is C27H18BrN5O4. The highest BCUT2D eigenvalue weighted by Gasteiger charge is 2.37. The molecule has 0 saturated carbocycles. The summed E-state index contributed by atoms with van der Waals surface area (Å²) in [6, 6.07) is 20.0. The molecule has 0 aliphatic carbocycles. The van der Waals surface area contributed by atoms with Crippen LogP contribution in [0.25, 0.3) is 27.9 Å². The Labute approximate surface area is 218 Å². The molecule has 3 aromatic heterocycles. The first kappa shape index (κ1) is 22.9. The van der Waals surface area contributed by atoms with Crippen LogP contribution in [-0.4, -0.2) is 31.6 Å². The number of hydrazone groups is 1. The average molecular weight is 556 g/mol. The maximum atomic E-state index is 13.1. The molecule has 5 aromatic rings. The van der Waals surface area contributed by atoms with E-state index in [0.717, 1.165) is 10.2 Å². The molecule has 1 amide bonds. The van der Waals surface area contributed by atoms with E-state index < -0.39 is 11.9 Å². The fourth-order valence-electron chi connectivity index (χ4n) is 4.13. The third kappa shape index (κ3) is 4.21. The highest BCUT2D eigenvalue weighted by atomic mass is 79.9. The number of rotatable bonds is 4. The van der Waals surface area contributed by atoms with E-state index in [4.69, 9.17) is 14.3 Å². The van der Waals surface area contributed by atoms with Crippen molar-refractivity contribution in [3.05, 3.63) is 111 Å². The van der Waals surface area contributed by atoms with E-state index in [2.05, 4.69) is 26.0 Å². The molecule has 0 radical (unpaired) electrons. The van der Waals surface area contributed by atoms with Crippen molar-refractivity contribution < 1.29 is 13.9 Å². The molecule has 0 saturated heterocycles. The number of para-hydroxylation sites is 1. The Kier molecular flexibility index (Phi) is 5.65. The van der Waals surface area contributed by atoms with Crippen molar-refractivity contribution in [1.29, 1.82) is 0 Å². The van der Waals surface area contributed by atoms with Crippen LogP contribution >= 0.6 is 15.9 Å². The first-order valence-corrected chi connectivity index (χ1v) is 12.1. The number of aromatic nitrogens is 3. The third-order valence-corrected chi connectivity index (χ3v) is 6.37. The number of pyridine rings is 1. The largest absolute Gasteiger partial charge is 0.446 e. The van der Waals surface area contributed by atoms with Crippen LogP contribution in [0.4, 0.5) is 0 Å². The number of nitrogens with zero attached hydrogens (tertiary/aromatic N) is 5. The first-order valence-electron chi connectivity index (χ1n) is 11.3. The monoisotopic (exact) mass is 555 g/mol. The lowest BCUT2D eigenvalue weighted by Gasteiger charge is -2.18. The molecule has 0 bridgehead atoms. The van der Waals surface area contributed by atoms with Gasteiger partial charge in [0.15, 0.2) is 0 Å². The number of amides is 1. The van der Waals surface area contributed by atoms with Crippen molar-refractivity contribution in [1.82, 2.24) is 19.8 Å². The van der Waals surface area contributed by atoms with E-state index in [9.17, 15) is 9.59 Å². The topological polar surface area (TPSA) is 103 Å². The summed E-state index contributed by atoms with van der Waals surface area (Å²) < 4.78 is 14.3. The minimum absolute atomic E-state index is 0.236. The Morgan fingerprint density at radius 2 is 1.81 bits per heavy atom. The quantitative estimate of drug-likeness (QED) is 0.288. The summed E-state index contributed by atoms with van der Waals surface area (Å²) in [7, 11) is 0. The van der Waals surface area contributed by atoms with E-state index in [1.54, 1.807) is 53.6 Å². The molecule has 0 spiro atoms. The summed E-state index contributed by atoms with van der Waals surface area (Å²) in [5, 5.41) is 11.1. The van der Waals surface area contributed by atoms with Crippen LogP contribution in [0.15, 0.2) is 104 Å². The van der Waals surface area contributed by atoms with Crippen molar-refractivity contribution in [3.63, 3.8) is 0 Å². The standard InChI is InChI=1S/C27H18BrN5O4/c1-16(34)33-26(37-25(31-33)17-9-11-29-12-10-17)22-15-32(20-5-3-2-4-6-20)30-24(22)21-14-18-13-19(28)7-8-23(18)36-27(21)35/h2-15,26H,1H3. The molecule has 1 aliphatic heterocycles. The van der Waals surface area contributed by atoms with Gasteiger partial charge in [0, 0.05) is 40.9 Å². The maximum Gasteiger partial charge on any atom is 0.345 e. The van der Waals surface area contributed by atoms with Gasteiger partial charge in [-0.2, -0.15) is 10.1 Å². The van der Waals surface area contributed by atoms with E-state index in [1.807, 2.05) is 36.4 Å². The van der Waals surface area contributed by atoms with Crippen LogP contribution in [0, 0.1) is 0 Å². The minimum Gasteiger partial charge on any atom is -0.446 e. The maximum absolute atomic E-state index is 13.1. The summed E-state index contributed by atoms with van der Waals surface area (Å²) in [6.45, 7) is 1.40. The van der Waals surface area contributed by atoms with Crippen LogP contribution < -0.4 is 5.63 Å². The van der Waals surface area contributed by atoms with Crippen molar-refractivity contribution in [3.8, 4) is 16.9 Å². The second-order valence-corrected chi connectivity index (χ2v) is 9.23. The van der Waals surface area contributed by atoms with Gasteiger partial charge in [0.1, 0.15) is 11.3 Å². The summed E-state index contributed by atoms with van der Waals surface area (Å²) in [6.07, 6.45) is 4.01. The first-order chi connectivity index (χ1) is 18.0. The Bertz CT molecular complexity index is 1730. The summed E-state index contributed by atoms with van der Waals surface area (Å²) in [5.41, 5.74) is 2.36. The van der Waals surface area contributed by atoms with Crippen LogP contribution in [0.5, 0.6) is 0 Å². The number of carbonyl (C=O) groups excluding carboxylic acids is 1. The van der Waals surface area contributed by atoms with Crippen LogP contribution in [0.1, 0.15) is 24.3 Å². The number of halogens is 1. The minimum atomic E-state index is -0.953. The number of carbonyl (C=O) groups is 1. The van der Waals surface area contributed by atoms with Gasteiger partial charge in [-0.3, -0.25) is 9.78 Å². The Morgan fingerprint density at radius 3 is 2.57 bits per heavy atom. The Morgan fingerprint density at radius 1 is 1.03 bits per heavy atom. The number of ether oxygens (including phenoxy) is 1. The summed E-state index contributed by atoms with van der Waals surface area (Å²) in [4.78, 5) is 29.8. The van der Waals surface area contributed by atoms with Gasteiger partial charge in [-0.1, -0.05) is 34.1 Å². The zero-order valence-electron chi connectivity index (χ0n) is 19.4. The molecule has 182 valence electrons.